The number of rotatable bonds is 66. The molecule has 5 atom stereocenters. The van der Waals surface area contributed by atoms with Crippen LogP contribution in [-0.2, 0) is 65.4 Å². The number of hydrogen-bond donors (Lipinski definition) is 3. The van der Waals surface area contributed by atoms with Crippen LogP contribution in [0.25, 0.3) is 0 Å². The third-order valence-electron chi connectivity index (χ3n) is 15.1. The van der Waals surface area contributed by atoms with Crippen molar-refractivity contribution < 1.29 is 80.2 Å². The highest BCUT2D eigenvalue weighted by Crippen LogP contribution is 2.45. The topological polar surface area (TPSA) is 237 Å². The van der Waals surface area contributed by atoms with Gasteiger partial charge in [0.15, 0.2) is 12.2 Å². The number of carbonyl (C=O) groups is 4. The number of phosphoric ester groups is 2. The third kappa shape index (κ3) is 59.0. The fourth-order valence-electron chi connectivity index (χ4n) is 9.81. The molecule has 17 nitrogen and oxygen atoms in total. The molecule has 19 heteroatoms. The second-order valence-electron chi connectivity index (χ2n) is 23.5. The van der Waals surface area contributed by atoms with Crippen LogP contribution in [0.15, 0.2) is 0 Å². The van der Waals surface area contributed by atoms with Crippen molar-refractivity contribution in [3.05, 3.63) is 0 Å². The molecule has 0 radical (unpaired) electrons. The normalized spacial score (nSPS) is 14.1. The van der Waals surface area contributed by atoms with Crippen molar-refractivity contribution in [2.75, 3.05) is 39.6 Å². The van der Waals surface area contributed by atoms with E-state index < -0.39 is 97.5 Å². The van der Waals surface area contributed by atoms with E-state index in [1.54, 1.807) is 0 Å². The average molecular weight is 1240 g/mol. The Morgan fingerprint density at radius 3 is 0.702 bits per heavy atom. The van der Waals surface area contributed by atoms with Crippen molar-refractivity contribution in [3.63, 3.8) is 0 Å². The van der Waals surface area contributed by atoms with E-state index in [9.17, 15) is 43.2 Å². The van der Waals surface area contributed by atoms with Crippen molar-refractivity contribution in [1.29, 1.82) is 0 Å². The lowest BCUT2D eigenvalue weighted by Crippen LogP contribution is -2.30. The van der Waals surface area contributed by atoms with Crippen LogP contribution < -0.4 is 0 Å². The zero-order valence-corrected chi connectivity index (χ0v) is 55.7. The number of ether oxygens (including phenoxy) is 4. The van der Waals surface area contributed by atoms with Gasteiger partial charge in [-0.15, -0.1) is 0 Å². The van der Waals surface area contributed by atoms with Gasteiger partial charge in [0.2, 0.25) is 0 Å². The molecule has 0 saturated heterocycles. The SMILES string of the molecule is CCCCCCCCCCCCCCCCCC(=O)O[C@H](COC(=O)CCCCCCCCCCCCC)COP(=O)(O)OC[C@@H](O)COP(=O)(O)OC[C@@H](COC(=O)CCCCCCCCCC)OC(=O)CCCCCCCCCCCC. The first kappa shape index (κ1) is 82.1. The summed E-state index contributed by atoms with van der Waals surface area (Å²) in [5, 5.41) is 10.5. The Morgan fingerprint density at radius 2 is 0.476 bits per heavy atom. The van der Waals surface area contributed by atoms with E-state index in [0.29, 0.717) is 25.7 Å². The number of carbonyl (C=O) groups excluding carboxylic acids is 4. The average Bonchev–Trinajstić information content (AvgIpc) is 3.58. The maximum atomic E-state index is 13.0. The first-order valence-corrected chi connectivity index (χ1v) is 37.3. The molecule has 2 unspecified atom stereocenters. The van der Waals surface area contributed by atoms with Gasteiger partial charge in [0, 0.05) is 25.7 Å². The summed E-state index contributed by atoms with van der Waals surface area (Å²) >= 11 is 0. The summed E-state index contributed by atoms with van der Waals surface area (Å²) in [5.74, 6) is -2.13. The van der Waals surface area contributed by atoms with Crippen LogP contribution >= 0.6 is 15.6 Å². The van der Waals surface area contributed by atoms with Crippen LogP contribution in [0.2, 0.25) is 0 Å². The Balaban J connectivity index is 5.21. The Bertz CT molecular complexity index is 1620. The molecule has 0 spiro atoms. The van der Waals surface area contributed by atoms with Crippen LogP contribution in [-0.4, -0.2) is 96.7 Å². The highest BCUT2D eigenvalue weighted by atomic mass is 31.2. The summed E-state index contributed by atoms with van der Waals surface area (Å²) in [6.45, 7) is 4.87. The van der Waals surface area contributed by atoms with Crippen molar-refractivity contribution >= 4 is 39.5 Å². The van der Waals surface area contributed by atoms with E-state index in [4.69, 9.17) is 37.0 Å². The Kier molecular flexibility index (Phi) is 58.6. The summed E-state index contributed by atoms with van der Waals surface area (Å²) in [7, 11) is -9.88. The maximum absolute atomic E-state index is 13.0. The monoisotopic (exact) mass is 1240 g/mol. The number of aliphatic hydroxyl groups excluding tert-OH is 1. The Labute approximate surface area is 511 Å². The molecule has 0 aromatic carbocycles. The summed E-state index contributed by atoms with van der Waals surface area (Å²) in [5.41, 5.74) is 0. The number of hydrogen-bond acceptors (Lipinski definition) is 15. The van der Waals surface area contributed by atoms with E-state index >= 15 is 0 Å². The molecule has 0 aliphatic heterocycles. The van der Waals surface area contributed by atoms with Gasteiger partial charge in [-0.3, -0.25) is 37.3 Å². The molecule has 0 aromatic rings. The Morgan fingerprint density at radius 1 is 0.286 bits per heavy atom. The number of phosphoric acid groups is 2. The minimum absolute atomic E-state index is 0.107. The lowest BCUT2D eigenvalue weighted by Gasteiger charge is -2.21. The fraction of sp³-hybridized carbons (Fsp3) is 0.938. The molecule has 0 saturated carbocycles. The number of esters is 4. The molecule has 0 aliphatic carbocycles. The van der Waals surface area contributed by atoms with Crippen molar-refractivity contribution in [2.24, 2.45) is 0 Å². The summed E-state index contributed by atoms with van der Waals surface area (Å²) < 4.78 is 68.0. The number of unbranched alkanes of at least 4 members (excludes halogenated alkanes) is 40. The van der Waals surface area contributed by atoms with Crippen LogP contribution in [0.3, 0.4) is 0 Å². The standard InChI is InChI=1S/C65H126O17P2/c1-5-9-13-17-21-25-28-29-30-31-33-36-40-44-48-52-65(70)82-61(56-76-63(68)50-46-42-38-35-32-26-22-18-14-10-6-2)58-80-84(73,74)78-54-59(66)53-77-83(71,72)79-57-60(55-75-62(67)49-45-41-37-24-20-16-12-8-4)81-64(69)51-47-43-39-34-27-23-19-15-11-7-3/h59-61,66H,5-58H2,1-4H3,(H,71,72)(H,73,74)/t59-,60+,61+/m0/s1. The van der Waals surface area contributed by atoms with Gasteiger partial charge in [-0.05, 0) is 25.7 Å². The zero-order chi connectivity index (χ0) is 61.9. The van der Waals surface area contributed by atoms with E-state index in [1.165, 1.54) is 161 Å². The molecule has 3 N–H and O–H groups in total. The second-order valence-corrected chi connectivity index (χ2v) is 26.4. The van der Waals surface area contributed by atoms with Crippen molar-refractivity contribution in [2.45, 2.75) is 354 Å². The first-order valence-electron chi connectivity index (χ1n) is 34.3. The molecule has 0 aliphatic rings. The van der Waals surface area contributed by atoms with Crippen LogP contribution in [0, 0.1) is 0 Å². The van der Waals surface area contributed by atoms with E-state index in [0.717, 1.165) is 96.3 Å². The minimum Gasteiger partial charge on any atom is -0.462 e. The molecule has 0 amide bonds. The van der Waals surface area contributed by atoms with E-state index in [-0.39, 0.29) is 25.7 Å². The molecule has 0 aromatic heterocycles. The van der Waals surface area contributed by atoms with Crippen LogP contribution in [0.4, 0.5) is 0 Å². The second kappa shape index (κ2) is 60.0. The van der Waals surface area contributed by atoms with Gasteiger partial charge in [-0.25, -0.2) is 9.13 Å². The molecular formula is C65H126O17P2. The molecule has 0 rings (SSSR count). The van der Waals surface area contributed by atoms with Crippen LogP contribution in [0.1, 0.15) is 336 Å². The molecule has 498 valence electrons. The lowest BCUT2D eigenvalue weighted by atomic mass is 10.0. The summed E-state index contributed by atoms with van der Waals surface area (Å²) in [6, 6.07) is 0. The van der Waals surface area contributed by atoms with Gasteiger partial charge < -0.3 is 33.8 Å². The summed E-state index contributed by atoms with van der Waals surface area (Å²) in [4.78, 5) is 72.2. The molecule has 84 heavy (non-hydrogen) atoms. The van der Waals surface area contributed by atoms with E-state index in [1.807, 2.05) is 0 Å². The molecule has 0 heterocycles. The molecule has 0 fully saturated rings. The van der Waals surface area contributed by atoms with Crippen molar-refractivity contribution in [1.82, 2.24) is 0 Å². The molecule has 0 bridgehead atoms. The largest absolute Gasteiger partial charge is 0.472 e. The lowest BCUT2D eigenvalue weighted by molar-refractivity contribution is -0.161. The van der Waals surface area contributed by atoms with Gasteiger partial charge in [0.25, 0.3) is 0 Å². The summed E-state index contributed by atoms with van der Waals surface area (Å²) in [6.07, 6.45) is 45.7. The highest BCUT2D eigenvalue weighted by molar-refractivity contribution is 7.47. The third-order valence-corrected chi connectivity index (χ3v) is 17.0. The maximum Gasteiger partial charge on any atom is 0.472 e. The smallest absolute Gasteiger partial charge is 0.462 e. The van der Waals surface area contributed by atoms with Gasteiger partial charge in [0.1, 0.15) is 19.3 Å². The predicted octanol–water partition coefficient (Wildman–Crippen LogP) is 18.3. The van der Waals surface area contributed by atoms with E-state index in [2.05, 4.69) is 27.7 Å². The predicted molar refractivity (Wildman–Crippen MR) is 335 cm³/mol. The van der Waals surface area contributed by atoms with Gasteiger partial charge in [-0.2, -0.15) is 0 Å². The quantitative estimate of drug-likeness (QED) is 0.0222. The number of aliphatic hydroxyl groups is 1. The van der Waals surface area contributed by atoms with Gasteiger partial charge in [0.05, 0.1) is 26.4 Å². The fourth-order valence-corrected chi connectivity index (χ4v) is 11.4. The first-order chi connectivity index (χ1) is 40.7. The Hall–Kier alpha value is -1.94. The van der Waals surface area contributed by atoms with Crippen molar-refractivity contribution in [3.8, 4) is 0 Å². The zero-order valence-electron chi connectivity index (χ0n) is 53.9. The minimum atomic E-state index is -4.94. The van der Waals surface area contributed by atoms with Gasteiger partial charge in [-0.1, -0.05) is 285 Å². The van der Waals surface area contributed by atoms with Gasteiger partial charge >= 0.3 is 39.5 Å². The van der Waals surface area contributed by atoms with Crippen LogP contribution in [0.5, 0.6) is 0 Å². The highest BCUT2D eigenvalue weighted by Gasteiger charge is 2.30. The molecular weight excluding hydrogens is 1110 g/mol.